The fourth-order valence-corrected chi connectivity index (χ4v) is 1.45. The third-order valence-corrected chi connectivity index (χ3v) is 2.25. The highest BCUT2D eigenvalue weighted by Crippen LogP contribution is 2.09. The minimum Gasteiger partial charge on any atom is -0.493 e. The molecule has 0 heterocycles. The maximum atomic E-state index is 5.61. The van der Waals surface area contributed by atoms with Gasteiger partial charge in [-0.2, -0.15) is 0 Å². The van der Waals surface area contributed by atoms with E-state index in [1.807, 2.05) is 77.9 Å². The fraction of sp³-hybridized carbons (Fsp3) is 0.400. The third-order valence-electron chi connectivity index (χ3n) is 2.25. The normalized spacial score (nSPS) is 7.90. The molecule has 0 saturated heterocycles. The third kappa shape index (κ3) is 11.7. The molecule has 2 rings (SSSR count). The number of rotatable bonds is 4. The summed E-state index contributed by atoms with van der Waals surface area (Å²) in [4.78, 5) is 0. The molecule has 2 aromatic carbocycles. The minimum atomic E-state index is 0.730. The first-order valence-corrected chi connectivity index (χ1v) is 8.17. The van der Waals surface area contributed by atoms with Crippen LogP contribution >= 0.6 is 0 Å². The van der Waals surface area contributed by atoms with Gasteiger partial charge in [0.1, 0.15) is 5.75 Å². The Hall–Kier alpha value is -1.76. The van der Waals surface area contributed by atoms with Gasteiger partial charge in [-0.1, -0.05) is 90.1 Å². The van der Waals surface area contributed by atoms with Crippen molar-refractivity contribution in [2.24, 2.45) is 0 Å². The Balaban J connectivity index is 0. The number of benzene rings is 2. The molecule has 118 valence electrons. The second-order valence-electron chi connectivity index (χ2n) is 3.40. The van der Waals surface area contributed by atoms with Gasteiger partial charge in [0.05, 0.1) is 6.61 Å². The van der Waals surface area contributed by atoms with Gasteiger partial charge in [0.15, 0.2) is 0 Å². The molecular formula is C20H32O. The van der Waals surface area contributed by atoms with Crippen molar-refractivity contribution in [1.82, 2.24) is 0 Å². The average Bonchev–Trinajstić information content (AvgIpc) is 2.62. The largest absolute Gasteiger partial charge is 0.493 e. The van der Waals surface area contributed by atoms with E-state index < -0.39 is 0 Å². The Labute approximate surface area is 132 Å². The SMILES string of the molecule is CC.CC.CC.c1ccc(CCOc2ccccc2)cc1. The molecule has 0 radical (unpaired) electrons. The summed E-state index contributed by atoms with van der Waals surface area (Å²) in [5, 5.41) is 0. The maximum absolute atomic E-state index is 5.61. The minimum absolute atomic E-state index is 0.730. The molecule has 21 heavy (non-hydrogen) atoms. The van der Waals surface area contributed by atoms with Crippen molar-refractivity contribution >= 4 is 0 Å². The predicted molar refractivity (Wildman–Crippen MR) is 96.1 cm³/mol. The van der Waals surface area contributed by atoms with Gasteiger partial charge in [-0.3, -0.25) is 0 Å². The molecule has 0 aliphatic heterocycles. The lowest BCUT2D eigenvalue weighted by Crippen LogP contribution is -2.00. The molecule has 0 aliphatic rings. The molecule has 0 spiro atoms. The van der Waals surface area contributed by atoms with E-state index in [1.54, 1.807) is 0 Å². The lowest BCUT2D eigenvalue weighted by Gasteiger charge is -2.05. The van der Waals surface area contributed by atoms with E-state index in [0.717, 1.165) is 18.8 Å². The molecule has 0 unspecified atom stereocenters. The molecule has 0 N–H and O–H groups in total. The molecule has 0 aromatic heterocycles. The van der Waals surface area contributed by atoms with Gasteiger partial charge in [0, 0.05) is 6.42 Å². The van der Waals surface area contributed by atoms with Crippen LogP contribution in [-0.4, -0.2) is 6.61 Å². The van der Waals surface area contributed by atoms with Crippen molar-refractivity contribution in [3.05, 3.63) is 66.2 Å². The molecular weight excluding hydrogens is 256 g/mol. The van der Waals surface area contributed by atoms with Gasteiger partial charge in [0.25, 0.3) is 0 Å². The Morgan fingerprint density at radius 3 is 1.52 bits per heavy atom. The first kappa shape index (κ1) is 21.5. The van der Waals surface area contributed by atoms with Crippen LogP contribution in [0.1, 0.15) is 47.1 Å². The maximum Gasteiger partial charge on any atom is 0.119 e. The van der Waals surface area contributed by atoms with Crippen LogP contribution in [0.5, 0.6) is 5.75 Å². The smallest absolute Gasteiger partial charge is 0.119 e. The summed E-state index contributed by atoms with van der Waals surface area (Å²) in [6, 6.07) is 20.3. The first-order chi connectivity index (χ1) is 10.4. The number of para-hydroxylation sites is 1. The Morgan fingerprint density at radius 1 is 0.619 bits per heavy atom. The van der Waals surface area contributed by atoms with E-state index in [-0.39, 0.29) is 0 Å². The van der Waals surface area contributed by atoms with Crippen molar-refractivity contribution < 1.29 is 4.74 Å². The van der Waals surface area contributed by atoms with Crippen molar-refractivity contribution in [3.63, 3.8) is 0 Å². The van der Waals surface area contributed by atoms with Crippen molar-refractivity contribution in [3.8, 4) is 5.75 Å². The number of hydrogen-bond donors (Lipinski definition) is 0. The Bertz CT molecular complexity index is 342. The van der Waals surface area contributed by atoms with E-state index in [2.05, 4.69) is 24.3 Å². The summed E-state index contributed by atoms with van der Waals surface area (Å²) in [5.74, 6) is 0.938. The van der Waals surface area contributed by atoms with Crippen LogP contribution in [0.15, 0.2) is 60.7 Å². The zero-order valence-corrected chi connectivity index (χ0v) is 14.6. The molecule has 1 heteroatoms. The van der Waals surface area contributed by atoms with Crippen LogP contribution in [0.25, 0.3) is 0 Å². The summed E-state index contributed by atoms with van der Waals surface area (Å²) >= 11 is 0. The predicted octanol–water partition coefficient (Wildman–Crippen LogP) is 6.39. The van der Waals surface area contributed by atoms with Crippen molar-refractivity contribution in [2.75, 3.05) is 6.61 Å². The summed E-state index contributed by atoms with van der Waals surface area (Å²) in [5.41, 5.74) is 1.31. The highest BCUT2D eigenvalue weighted by atomic mass is 16.5. The summed E-state index contributed by atoms with van der Waals surface area (Å²) in [6.45, 7) is 12.7. The lowest BCUT2D eigenvalue weighted by molar-refractivity contribution is 0.322. The Kier molecular flexibility index (Phi) is 18.7. The molecule has 2 aromatic rings. The van der Waals surface area contributed by atoms with E-state index in [1.165, 1.54) is 5.56 Å². The summed E-state index contributed by atoms with van der Waals surface area (Å²) in [7, 11) is 0. The molecule has 0 aliphatic carbocycles. The van der Waals surface area contributed by atoms with Crippen LogP contribution in [0, 0.1) is 0 Å². The molecule has 0 amide bonds. The molecule has 0 atom stereocenters. The van der Waals surface area contributed by atoms with Crippen LogP contribution in [0.4, 0.5) is 0 Å². The van der Waals surface area contributed by atoms with Crippen LogP contribution in [0.2, 0.25) is 0 Å². The van der Waals surface area contributed by atoms with E-state index in [9.17, 15) is 0 Å². The van der Waals surface area contributed by atoms with Gasteiger partial charge in [-0.05, 0) is 17.7 Å². The van der Waals surface area contributed by atoms with E-state index in [4.69, 9.17) is 4.74 Å². The van der Waals surface area contributed by atoms with Crippen LogP contribution < -0.4 is 4.74 Å². The van der Waals surface area contributed by atoms with Crippen LogP contribution in [0.3, 0.4) is 0 Å². The lowest BCUT2D eigenvalue weighted by atomic mass is 10.2. The Morgan fingerprint density at radius 2 is 1.05 bits per heavy atom. The summed E-state index contributed by atoms with van der Waals surface area (Å²) in [6.07, 6.45) is 0.954. The quantitative estimate of drug-likeness (QED) is 0.633. The second kappa shape index (κ2) is 18.2. The van der Waals surface area contributed by atoms with Gasteiger partial charge >= 0.3 is 0 Å². The molecule has 0 fully saturated rings. The zero-order valence-electron chi connectivity index (χ0n) is 14.6. The summed E-state index contributed by atoms with van der Waals surface area (Å²) < 4.78 is 5.61. The number of ether oxygens (including phenoxy) is 1. The van der Waals surface area contributed by atoms with Gasteiger partial charge in [0.2, 0.25) is 0 Å². The average molecular weight is 288 g/mol. The van der Waals surface area contributed by atoms with Crippen molar-refractivity contribution in [2.45, 2.75) is 48.0 Å². The highest BCUT2D eigenvalue weighted by Gasteiger charge is 1.93. The van der Waals surface area contributed by atoms with Gasteiger partial charge in [-0.15, -0.1) is 0 Å². The van der Waals surface area contributed by atoms with Crippen LogP contribution in [-0.2, 0) is 6.42 Å². The molecule has 1 nitrogen and oxygen atoms in total. The first-order valence-electron chi connectivity index (χ1n) is 8.17. The molecule has 0 saturated carbocycles. The fourth-order valence-electron chi connectivity index (χ4n) is 1.45. The second-order valence-corrected chi connectivity index (χ2v) is 3.40. The standard InChI is InChI=1S/C14H14O.3C2H6/c1-3-7-13(8-4-1)11-12-15-14-9-5-2-6-10-14;3*1-2/h1-10H,11-12H2;3*1-2H3. The highest BCUT2D eigenvalue weighted by molar-refractivity contribution is 5.21. The van der Waals surface area contributed by atoms with Crippen molar-refractivity contribution in [1.29, 1.82) is 0 Å². The zero-order chi connectivity index (χ0) is 16.3. The van der Waals surface area contributed by atoms with E-state index >= 15 is 0 Å². The van der Waals surface area contributed by atoms with E-state index in [0.29, 0.717) is 0 Å². The number of hydrogen-bond acceptors (Lipinski definition) is 1. The topological polar surface area (TPSA) is 9.23 Å². The molecule has 0 bridgehead atoms. The van der Waals surface area contributed by atoms with Gasteiger partial charge in [-0.25, -0.2) is 0 Å². The van der Waals surface area contributed by atoms with Gasteiger partial charge < -0.3 is 4.74 Å². The monoisotopic (exact) mass is 288 g/mol.